The summed E-state index contributed by atoms with van der Waals surface area (Å²) in [5.41, 5.74) is 1.76. The standard InChI is InChI=1S/C22H16O4/c1-25-15-9-7-13(8-10-15)17-12-19(23)20-18(21(17)24)11-14-5-3-4-6-16(14)22(20)26-2/h3-12H,1-2H3. The van der Waals surface area contributed by atoms with Crippen LogP contribution in [0.25, 0.3) is 16.3 Å². The molecule has 0 amide bonds. The molecule has 0 saturated heterocycles. The van der Waals surface area contributed by atoms with E-state index in [1.807, 2.05) is 24.3 Å². The molecule has 4 rings (SSSR count). The van der Waals surface area contributed by atoms with Crippen LogP contribution in [0.5, 0.6) is 11.5 Å². The van der Waals surface area contributed by atoms with Crippen LogP contribution in [-0.2, 0) is 0 Å². The molecule has 0 spiro atoms. The molecule has 4 heteroatoms. The lowest BCUT2D eigenvalue weighted by Crippen LogP contribution is -2.17. The largest absolute Gasteiger partial charge is 0.497 e. The number of carbonyl (C=O) groups excluding carboxylic acids is 2. The van der Waals surface area contributed by atoms with Gasteiger partial charge in [-0.05, 0) is 35.2 Å². The molecule has 4 nitrogen and oxygen atoms in total. The Kier molecular flexibility index (Phi) is 3.81. The molecule has 0 bridgehead atoms. The number of ketones is 2. The van der Waals surface area contributed by atoms with Gasteiger partial charge in [0.2, 0.25) is 0 Å². The van der Waals surface area contributed by atoms with E-state index < -0.39 is 0 Å². The molecule has 0 saturated carbocycles. The van der Waals surface area contributed by atoms with E-state index in [1.54, 1.807) is 37.4 Å². The number of ether oxygens (including phenoxy) is 2. The van der Waals surface area contributed by atoms with Gasteiger partial charge in [-0.15, -0.1) is 0 Å². The minimum absolute atomic E-state index is 0.186. The van der Waals surface area contributed by atoms with Crippen molar-refractivity contribution in [3.63, 3.8) is 0 Å². The fourth-order valence-corrected chi connectivity index (χ4v) is 3.35. The Bertz CT molecular complexity index is 1080. The predicted molar refractivity (Wildman–Crippen MR) is 100 cm³/mol. The third-order valence-electron chi connectivity index (χ3n) is 4.62. The Morgan fingerprint density at radius 2 is 1.58 bits per heavy atom. The minimum Gasteiger partial charge on any atom is -0.497 e. The summed E-state index contributed by atoms with van der Waals surface area (Å²) in [7, 11) is 3.10. The Morgan fingerprint density at radius 1 is 0.846 bits per heavy atom. The second kappa shape index (κ2) is 6.15. The van der Waals surface area contributed by atoms with Gasteiger partial charge in [-0.2, -0.15) is 0 Å². The smallest absolute Gasteiger partial charge is 0.194 e. The van der Waals surface area contributed by atoms with Crippen LogP contribution in [0.15, 0.2) is 60.7 Å². The van der Waals surface area contributed by atoms with Gasteiger partial charge in [0.25, 0.3) is 0 Å². The lowest BCUT2D eigenvalue weighted by atomic mass is 9.84. The van der Waals surface area contributed by atoms with Crippen molar-refractivity contribution in [1.82, 2.24) is 0 Å². The van der Waals surface area contributed by atoms with Crippen molar-refractivity contribution in [1.29, 1.82) is 0 Å². The number of allylic oxidation sites excluding steroid dienone is 2. The number of hydrogen-bond donors (Lipinski definition) is 0. The van der Waals surface area contributed by atoms with E-state index in [4.69, 9.17) is 9.47 Å². The number of methoxy groups -OCH3 is 2. The van der Waals surface area contributed by atoms with Crippen molar-refractivity contribution in [2.45, 2.75) is 0 Å². The third-order valence-corrected chi connectivity index (χ3v) is 4.62. The number of fused-ring (bicyclic) bond motifs is 2. The first-order valence-corrected chi connectivity index (χ1v) is 8.19. The Labute approximate surface area is 150 Å². The van der Waals surface area contributed by atoms with Crippen molar-refractivity contribution in [2.24, 2.45) is 0 Å². The minimum atomic E-state index is -0.229. The molecular weight excluding hydrogens is 328 g/mol. The highest BCUT2D eigenvalue weighted by molar-refractivity contribution is 6.40. The van der Waals surface area contributed by atoms with Crippen molar-refractivity contribution in [3.8, 4) is 11.5 Å². The molecule has 0 radical (unpaired) electrons. The summed E-state index contributed by atoms with van der Waals surface area (Å²) >= 11 is 0. The zero-order chi connectivity index (χ0) is 18.3. The Morgan fingerprint density at radius 3 is 2.27 bits per heavy atom. The second-order valence-corrected chi connectivity index (χ2v) is 6.03. The number of rotatable bonds is 3. The highest BCUT2D eigenvalue weighted by atomic mass is 16.5. The quantitative estimate of drug-likeness (QED) is 0.710. The number of carbonyl (C=O) groups is 2. The van der Waals surface area contributed by atoms with Gasteiger partial charge in [0.05, 0.1) is 19.8 Å². The number of Topliss-reactive ketones (excluding diaryl/α,β-unsaturated/α-hetero) is 1. The average molecular weight is 344 g/mol. The van der Waals surface area contributed by atoms with Crippen molar-refractivity contribution in [3.05, 3.63) is 77.4 Å². The molecule has 0 fully saturated rings. The monoisotopic (exact) mass is 344 g/mol. The van der Waals surface area contributed by atoms with Gasteiger partial charge in [0.1, 0.15) is 11.5 Å². The zero-order valence-corrected chi connectivity index (χ0v) is 14.4. The zero-order valence-electron chi connectivity index (χ0n) is 14.4. The predicted octanol–water partition coefficient (Wildman–Crippen LogP) is 4.32. The molecule has 128 valence electrons. The summed E-state index contributed by atoms with van der Waals surface area (Å²) in [6.07, 6.45) is 1.39. The van der Waals surface area contributed by atoms with Crippen LogP contribution in [0.4, 0.5) is 0 Å². The molecule has 1 aliphatic carbocycles. The van der Waals surface area contributed by atoms with Crippen molar-refractivity contribution >= 4 is 27.9 Å². The highest BCUT2D eigenvalue weighted by Gasteiger charge is 2.30. The Hall–Kier alpha value is -3.40. The molecule has 0 N–H and O–H groups in total. The lowest BCUT2D eigenvalue weighted by molar-refractivity contribution is 0.0999. The SMILES string of the molecule is COc1ccc(C2=CC(=O)c3c(cc4ccccc4c3OC)C2=O)cc1. The third kappa shape index (κ3) is 2.39. The molecule has 3 aromatic rings. The molecule has 0 heterocycles. The van der Waals surface area contributed by atoms with Crippen LogP contribution in [-0.4, -0.2) is 25.8 Å². The van der Waals surface area contributed by atoms with E-state index >= 15 is 0 Å². The van der Waals surface area contributed by atoms with Crippen LogP contribution in [0, 0.1) is 0 Å². The number of hydrogen-bond acceptors (Lipinski definition) is 4. The van der Waals surface area contributed by atoms with Gasteiger partial charge in [0.15, 0.2) is 11.6 Å². The second-order valence-electron chi connectivity index (χ2n) is 6.03. The summed E-state index contributed by atoms with van der Waals surface area (Å²) in [5, 5.41) is 1.68. The van der Waals surface area contributed by atoms with Crippen LogP contribution >= 0.6 is 0 Å². The molecule has 0 unspecified atom stereocenters. The van der Waals surface area contributed by atoms with E-state index in [9.17, 15) is 9.59 Å². The van der Waals surface area contributed by atoms with Crippen LogP contribution in [0.3, 0.4) is 0 Å². The summed E-state index contributed by atoms with van der Waals surface area (Å²) in [5.74, 6) is 0.723. The van der Waals surface area contributed by atoms with Crippen LogP contribution < -0.4 is 9.47 Å². The first-order valence-electron chi connectivity index (χ1n) is 8.19. The number of benzene rings is 3. The van der Waals surface area contributed by atoms with Gasteiger partial charge in [-0.25, -0.2) is 0 Å². The van der Waals surface area contributed by atoms with E-state index in [0.29, 0.717) is 33.8 Å². The molecule has 0 atom stereocenters. The lowest BCUT2D eigenvalue weighted by Gasteiger charge is -2.19. The molecule has 1 aliphatic rings. The van der Waals surface area contributed by atoms with E-state index in [0.717, 1.165) is 10.8 Å². The average Bonchev–Trinajstić information content (AvgIpc) is 2.69. The van der Waals surface area contributed by atoms with Gasteiger partial charge >= 0.3 is 0 Å². The van der Waals surface area contributed by atoms with E-state index in [1.165, 1.54) is 13.2 Å². The van der Waals surface area contributed by atoms with Crippen molar-refractivity contribution < 1.29 is 19.1 Å². The molecular formula is C22H16O4. The van der Waals surface area contributed by atoms with E-state index in [-0.39, 0.29) is 11.6 Å². The topological polar surface area (TPSA) is 52.6 Å². The normalized spacial score (nSPS) is 13.4. The fraction of sp³-hybridized carbons (Fsp3) is 0.0909. The first-order chi connectivity index (χ1) is 12.6. The summed E-state index contributed by atoms with van der Waals surface area (Å²) < 4.78 is 10.6. The fourth-order valence-electron chi connectivity index (χ4n) is 3.35. The van der Waals surface area contributed by atoms with Gasteiger partial charge < -0.3 is 9.47 Å². The van der Waals surface area contributed by atoms with Gasteiger partial charge in [0, 0.05) is 16.5 Å². The van der Waals surface area contributed by atoms with Crippen LogP contribution in [0.1, 0.15) is 26.3 Å². The van der Waals surface area contributed by atoms with Gasteiger partial charge in [-0.1, -0.05) is 36.4 Å². The summed E-state index contributed by atoms with van der Waals surface area (Å²) in [6.45, 7) is 0. The molecule has 26 heavy (non-hydrogen) atoms. The maximum absolute atomic E-state index is 13.1. The molecule has 0 aliphatic heterocycles. The van der Waals surface area contributed by atoms with Crippen molar-refractivity contribution in [2.75, 3.05) is 14.2 Å². The van der Waals surface area contributed by atoms with Crippen LogP contribution in [0.2, 0.25) is 0 Å². The maximum atomic E-state index is 13.1. The first kappa shape index (κ1) is 16.1. The summed E-state index contributed by atoms with van der Waals surface area (Å²) in [6, 6.07) is 16.4. The Balaban J connectivity index is 1.91. The highest BCUT2D eigenvalue weighted by Crippen LogP contribution is 2.38. The van der Waals surface area contributed by atoms with E-state index in [2.05, 4.69) is 0 Å². The summed E-state index contributed by atoms with van der Waals surface area (Å²) in [4.78, 5) is 25.9. The maximum Gasteiger partial charge on any atom is 0.194 e. The molecule has 0 aromatic heterocycles. The molecule has 3 aromatic carbocycles. The van der Waals surface area contributed by atoms with Gasteiger partial charge in [-0.3, -0.25) is 9.59 Å².